The molecule has 2 rings (SSSR count). The van der Waals surface area contributed by atoms with Crippen molar-refractivity contribution in [3.63, 3.8) is 0 Å². The van der Waals surface area contributed by atoms with Gasteiger partial charge in [0.15, 0.2) is 0 Å². The zero-order valence-corrected chi connectivity index (χ0v) is 13.0. The lowest BCUT2D eigenvalue weighted by Crippen LogP contribution is -2.32. The first-order chi connectivity index (χ1) is 10.7. The quantitative estimate of drug-likeness (QED) is 0.798. The van der Waals surface area contributed by atoms with Gasteiger partial charge in [0, 0.05) is 18.0 Å². The van der Waals surface area contributed by atoms with E-state index in [2.05, 4.69) is 5.32 Å². The predicted octanol–water partition coefficient (Wildman–Crippen LogP) is 3.20. The van der Waals surface area contributed by atoms with Gasteiger partial charge in [0.1, 0.15) is 0 Å². The Labute approximate surface area is 135 Å². The summed E-state index contributed by atoms with van der Waals surface area (Å²) in [5.41, 5.74) is 2.01. The molecule has 22 heavy (non-hydrogen) atoms. The van der Waals surface area contributed by atoms with Crippen molar-refractivity contribution in [2.75, 3.05) is 6.54 Å². The predicted molar refractivity (Wildman–Crippen MR) is 87.9 cm³/mol. The molecule has 0 spiro atoms. The van der Waals surface area contributed by atoms with Crippen LogP contribution in [0.2, 0.25) is 5.02 Å². The fourth-order valence-corrected chi connectivity index (χ4v) is 2.36. The second kappa shape index (κ2) is 8.35. The molecule has 0 aliphatic carbocycles. The van der Waals surface area contributed by atoms with Gasteiger partial charge in [-0.05, 0) is 30.0 Å². The van der Waals surface area contributed by atoms with Crippen molar-refractivity contribution in [2.24, 2.45) is 0 Å². The monoisotopic (exact) mass is 315 g/mol. The van der Waals surface area contributed by atoms with Crippen LogP contribution in [-0.4, -0.2) is 18.2 Å². The summed E-state index contributed by atoms with van der Waals surface area (Å²) in [6.45, 7) is 0.459. The standard InChI is InChI=1S/C18H18ClNO2/c19-16-9-5-4-8-15(16)10-11-17(21)18(22)20-13-12-14-6-2-1-3-7-14/h1-9H,10-13H2,(H,20,22). The molecule has 0 aromatic heterocycles. The average Bonchev–Trinajstić information content (AvgIpc) is 2.54. The number of aryl methyl sites for hydroxylation is 1. The van der Waals surface area contributed by atoms with Crippen LogP contribution in [0.3, 0.4) is 0 Å². The number of nitrogens with one attached hydrogen (secondary N) is 1. The highest BCUT2D eigenvalue weighted by Gasteiger charge is 2.13. The van der Waals surface area contributed by atoms with Gasteiger partial charge in [0.25, 0.3) is 5.91 Å². The Bertz CT molecular complexity index is 641. The zero-order chi connectivity index (χ0) is 15.8. The number of amides is 1. The topological polar surface area (TPSA) is 46.2 Å². The van der Waals surface area contributed by atoms with Crippen molar-refractivity contribution in [3.8, 4) is 0 Å². The molecule has 1 N–H and O–H groups in total. The normalized spacial score (nSPS) is 10.2. The van der Waals surface area contributed by atoms with Crippen LogP contribution in [0.15, 0.2) is 54.6 Å². The van der Waals surface area contributed by atoms with E-state index in [1.165, 1.54) is 0 Å². The minimum absolute atomic E-state index is 0.168. The highest BCUT2D eigenvalue weighted by atomic mass is 35.5. The first-order valence-electron chi connectivity index (χ1n) is 7.25. The molecule has 0 atom stereocenters. The summed E-state index contributed by atoms with van der Waals surface area (Å²) in [6.07, 6.45) is 1.36. The van der Waals surface area contributed by atoms with Crippen LogP contribution >= 0.6 is 11.6 Å². The van der Waals surface area contributed by atoms with Crippen LogP contribution in [0.5, 0.6) is 0 Å². The second-order valence-electron chi connectivity index (χ2n) is 5.01. The van der Waals surface area contributed by atoms with Gasteiger partial charge in [-0.15, -0.1) is 0 Å². The maximum absolute atomic E-state index is 11.8. The van der Waals surface area contributed by atoms with E-state index in [0.29, 0.717) is 24.4 Å². The van der Waals surface area contributed by atoms with Gasteiger partial charge in [0.2, 0.25) is 5.78 Å². The summed E-state index contributed by atoms with van der Waals surface area (Å²) >= 11 is 6.03. The van der Waals surface area contributed by atoms with Crippen LogP contribution in [-0.2, 0) is 22.4 Å². The van der Waals surface area contributed by atoms with E-state index in [9.17, 15) is 9.59 Å². The molecule has 114 valence electrons. The number of halogens is 1. The van der Waals surface area contributed by atoms with E-state index >= 15 is 0 Å². The lowest BCUT2D eigenvalue weighted by atomic mass is 10.1. The van der Waals surface area contributed by atoms with Gasteiger partial charge in [0.05, 0.1) is 0 Å². The van der Waals surface area contributed by atoms with Gasteiger partial charge in [-0.1, -0.05) is 60.1 Å². The molecule has 2 aromatic carbocycles. The first kappa shape index (κ1) is 16.2. The highest BCUT2D eigenvalue weighted by molar-refractivity contribution is 6.36. The number of ketones is 1. The molecule has 1 amide bonds. The van der Waals surface area contributed by atoms with E-state index in [4.69, 9.17) is 11.6 Å². The third-order valence-electron chi connectivity index (χ3n) is 3.37. The van der Waals surface area contributed by atoms with Gasteiger partial charge in [-0.2, -0.15) is 0 Å². The minimum atomic E-state index is -0.525. The number of carbonyl (C=O) groups is 2. The summed E-state index contributed by atoms with van der Waals surface area (Å²) < 4.78 is 0. The van der Waals surface area contributed by atoms with Crippen LogP contribution in [0, 0.1) is 0 Å². The average molecular weight is 316 g/mol. The number of rotatable bonds is 7. The summed E-state index contributed by atoms with van der Waals surface area (Å²) in [5.74, 6) is -0.934. The van der Waals surface area contributed by atoms with E-state index in [0.717, 1.165) is 11.1 Å². The van der Waals surface area contributed by atoms with Gasteiger partial charge in [-0.3, -0.25) is 9.59 Å². The molecule has 0 aliphatic heterocycles. The lowest BCUT2D eigenvalue weighted by molar-refractivity contribution is -0.137. The number of Topliss-reactive ketones (excluding diaryl/α,β-unsaturated/α-hetero) is 1. The zero-order valence-electron chi connectivity index (χ0n) is 12.2. The summed E-state index contributed by atoms with van der Waals surface area (Å²) in [4.78, 5) is 23.6. The van der Waals surface area contributed by atoms with Crippen molar-refractivity contribution >= 4 is 23.3 Å². The van der Waals surface area contributed by atoms with Gasteiger partial charge >= 0.3 is 0 Å². The molecule has 0 fully saturated rings. The van der Waals surface area contributed by atoms with E-state index in [-0.39, 0.29) is 6.42 Å². The largest absolute Gasteiger partial charge is 0.349 e. The SMILES string of the molecule is O=C(CCc1ccccc1Cl)C(=O)NCCc1ccccc1. The van der Waals surface area contributed by atoms with Crippen molar-refractivity contribution in [1.29, 1.82) is 0 Å². The van der Waals surface area contributed by atoms with Crippen molar-refractivity contribution in [1.82, 2.24) is 5.32 Å². The molecular formula is C18H18ClNO2. The molecule has 0 bridgehead atoms. The Morgan fingerprint density at radius 1 is 0.909 bits per heavy atom. The Morgan fingerprint density at radius 2 is 1.59 bits per heavy atom. The maximum Gasteiger partial charge on any atom is 0.287 e. The van der Waals surface area contributed by atoms with Crippen molar-refractivity contribution < 1.29 is 9.59 Å². The number of hydrogen-bond acceptors (Lipinski definition) is 2. The Morgan fingerprint density at radius 3 is 2.32 bits per heavy atom. The molecule has 0 aliphatic rings. The molecule has 2 aromatic rings. The summed E-state index contributed by atoms with van der Waals surface area (Å²) in [7, 11) is 0. The number of hydrogen-bond donors (Lipinski definition) is 1. The van der Waals surface area contributed by atoms with E-state index in [1.54, 1.807) is 6.07 Å². The fraction of sp³-hybridized carbons (Fsp3) is 0.222. The fourth-order valence-electron chi connectivity index (χ4n) is 2.13. The minimum Gasteiger partial charge on any atom is -0.349 e. The molecule has 0 saturated heterocycles. The van der Waals surface area contributed by atoms with Crippen molar-refractivity contribution in [3.05, 3.63) is 70.7 Å². The Kier molecular flexibility index (Phi) is 6.16. The molecule has 0 radical (unpaired) electrons. The Hall–Kier alpha value is -2.13. The van der Waals surface area contributed by atoms with Crippen molar-refractivity contribution in [2.45, 2.75) is 19.3 Å². The van der Waals surface area contributed by atoms with Gasteiger partial charge < -0.3 is 5.32 Å². The Balaban J connectivity index is 1.73. The number of benzene rings is 2. The molecule has 0 unspecified atom stereocenters. The molecule has 3 nitrogen and oxygen atoms in total. The van der Waals surface area contributed by atoms with Crippen LogP contribution in [0.25, 0.3) is 0 Å². The first-order valence-corrected chi connectivity index (χ1v) is 7.63. The molecule has 0 heterocycles. The third kappa shape index (κ3) is 5.01. The second-order valence-corrected chi connectivity index (χ2v) is 5.41. The molecule has 0 saturated carbocycles. The molecule has 4 heteroatoms. The third-order valence-corrected chi connectivity index (χ3v) is 3.74. The molecular weight excluding hydrogens is 298 g/mol. The van der Waals surface area contributed by atoms with E-state index < -0.39 is 11.7 Å². The summed E-state index contributed by atoms with van der Waals surface area (Å²) in [5, 5.41) is 3.29. The van der Waals surface area contributed by atoms with E-state index in [1.807, 2.05) is 48.5 Å². The van der Waals surface area contributed by atoms with Crippen LogP contribution < -0.4 is 5.32 Å². The van der Waals surface area contributed by atoms with Gasteiger partial charge in [-0.25, -0.2) is 0 Å². The maximum atomic E-state index is 11.8. The highest BCUT2D eigenvalue weighted by Crippen LogP contribution is 2.16. The van der Waals surface area contributed by atoms with Crippen LogP contribution in [0.1, 0.15) is 17.5 Å². The lowest BCUT2D eigenvalue weighted by Gasteiger charge is -2.06. The van der Waals surface area contributed by atoms with Crippen LogP contribution in [0.4, 0.5) is 0 Å². The number of carbonyl (C=O) groups excluding carboxylic acids is 2. The smallest absolute Gasteiger partial charge is 0.287 e. The summed E-state index contributed by atoms with van der Waals surface area (Å²) in [6, 6.07) is 17.2.